The molecule has 35 valence electrons. The molecule has 2 heteroatoms. The third-order valence-corrected chi connectivity index (χ3v) is 1.79. The molecule has 0 saturated carbocycles. The summed E-state index contributed by atoms with van der Waals surface area (Å²) in [7, 11) is 0. The second-order valence-electron chi connectivity index (χ2n) is 1.30. The Kier molecular flexibility index (Phi) is 3.98. The maximum Gasteiger partial charge on any atom is 0.294 e. The Balaban J connectivity index is 2.75. The number of hydrogen-bond donors (Lipinski definition) is 0. The Morgan fingerprint density at radius 1 is 1.33 bits per heavy atom. The summed E-state index contributed by atoms with van der Waals surface area (Å²) in [5.74, 6) is 0. The molecule has 0 fully saturated rings. The highest BCUT2D eigenvalue weighted by atomic mass is 27.1. The van der Waals surface area contributed by atoms with Crippen LogP contribution in [0.4, 0.5) is 0 Å². The van der Waals surface area contributed by atoms with Crippen LogP contribution in [0.5, 0.6) is 0 Å². The summed E-state index contributed by atoms with van der Waals surface area (Å²) in [4.78, 5) is 0. The molecule has 0 atom stereocenters. The molecular formula is C4H11AlN. The van der Waals surface area contributed by atoms with Crippen molar-refractivity contribution >= 4 is 16.5 Å². The van der Waals surface area contributed by atoms with Gasteiger partial charge in [-0.05, 0) is 13.1 Å². The quantitative estimate of drug-likeness (QED) is 0.446. The molecule has 0 aliphatic heterocycles. The summed E-state index contributed by atoms with van der Waals surface area (Å²) < 4.78 is 2.28. The molecule has 0 aliphatic carbocycles. The van der Waals surface area contributed by atoms with Crippen molar-refractivity contribution < 1.29 is 0 Å². The standard InChI is InChI=1S/C4H10N.Al.H/c1-3-5-4-2;;/h3-4H2,1-2H3;;/q-1;+1;. The fraction of sp³-hybridized carbons (Fsp3) is 1.00. The van der Waals surface area contributed by atoms with Gasteiger partial charge in [-0.3, -0.25) is 0 Å². The minimum absolute atomic E-state index is 1.18. The van der Waals surface area contributed by atoms with Crippen molar-refractivity contribution in [3.8, 4) is 0 Å². The van der Waals surface area contributed by atoms with Crippen LogP contribution >= 0.6 is 0 Å². The zero-order chi connectivity index (χ0) is 4.99. The van der Waals surface area contributed by atoms with Gasteiger partial charge in [0.25, 0.3) is 16.5 Å². The van der Waals surface area contributed by atoms with Gasteiger partial charge in [-0.25, -0.2) is 0 Å². The smallest absolute Gasteiger partial charge is 0.294 e. The largest absolute Gasteiger partial charge is 0.396 e. The second-order valence-corrected chi connectivity index (χ2v) is 2.20. The van der Waals surface area contributed by atoms with Crippen LogP contribution in [0, 0.1) is 0 Å². The predicted octanol–water partition coefficient (Wildman–Crippen LogP) is 0.144. The third kappa shape index (κ3) is 2.72. The molecule has 0 unspecified atom stereocenters. The number of rotatable bonds is 2. The lowest BCUT2D eigenvalue weighted by Gasteiger charge is -2.09. The first-order valence-corrected chi connectivity index (χ1v) is 3.00. The Bertz CT molecular complexity index is 26.7. The highest BCUT2D eigenvalue weighted by Gasteiger charge is 1.81. The van der Waals surface area contributed by atoms with Gasteiger partial charge in [0.1, 0.15) is 0 Å². The predicted molar refractivity (Wildman–Crippen MR) is 30.1 cm³/mol. The van der Waals surface area contributed by atoms with Crippen molar-refractivity contribution in [3.63, 3.8) is 0 Å². The molecule has 0 amide bonds. The topological polar surface area (TPSA) is 3.24 Å². The lowest BCUT2D eigenvalue weighted by molar-refractivity contribution is 0.505. The van der Waals surface area contributed by atoms with Crippen molar-refractivity contribution in [1.29, 1.82) is 0 Å². The SMILES string of the molecule is CC[N]([AlH])CC. The van der Waals surface area contributed by atoms with Crippen LogP contribution in [0.25, 0.3) is 0 Å². The van der Waals surface area contributed by atoms with E-state index in [9.17, 15) is 0 Å². The lowest BCUT2D eigenvalue weighted by atomic mass is 10.7. The van der Waals surface area contributed by atoms with Gasteiger partial charge in [0.05, 0.1) is 0 Å². The van der Waals surface area contributed by atoms with E-state index in [4.69, 9.17) is 0 Å². The van der Waals surface area contributed by atoms with Crippen LogP contribution in [0.2, 0.25) is 0 Å². The molecular weight excluding hydrogens is 89.0 g/mol. The highest BCUT2D eigenvalue weighted by molar-refractivity contribution is 6.04. The molecule has 0 aliphatic rings. The average Bonchev–Trinajstić information content (AvgIpc) is 1.65. The maximum absolute atomic E-state index is 2.28. The molecule has 0 heterocycles. The molecule has 1 radical (unpaired) electrons. The van der Waals surface area contributed by atoms with Gasteiger partial charge in [0.15, 0.2) is 0 Å². The Hall–Kier alpha value is 0.492. The summed E-state index contributed by atoms with van der Waals surface area (Å²) in [6.07, 6.45) is 0. The minimum atomic E-state index is 1.18. The van der Waals surface area contributed by atoms with E-state index in [0.717, 1.165) is 0 Å². The number of hydrogen-bond acceptors (Lipinski definition) is 1. The van der Waals surface area contributed by atoms with Crippen LogP contribution in [0.3, 0.4) is 0 Å². The third-order valence-electron chi connectivity index (χ3n) is 0.894. The summed E-state index contributed by atoms with van der Waals surface area (Å²) in [6.45, 7) is 6.68. The van der Waals surface area contributed by atoms with Crippen LogP contribution in [0.1, 0.15) is 13.8 Å². The van der Waals surface area contributed by atoms with Crippen molar-refractivity contribution in [3.05, 3.63) is 0 Å². The zero-order valence-corrected chi connectivity index (χ0v) is 5.98. The first-order valence-electron chi connectivity index (χ1n) is 2.36. The minimum Gasteiger partial charge on any atom is -0.396 e. The van der Waals surface area contributed by atoms with E-state index < -0.39 is 0 Å². The van der Waals surface area contributed by atoms with E-state index in [0.29, 0.717) is 0 Å². The number of nitrogens with zero attached hydrogens (tertiary/aromatic N) is 1. The van der Waals surface area contributed by atoms with Gasteiger partial charge in [-0.15, -0.1) is 0 Å². The average molecular weight is 100 g/mol. The van der Waals surface area contributed by atoms with E-state index >= 15 is 0 Å². The summed E-state index contributed by atoms with van der Waals surface area (Å²) in [5, 5.41) is 0. The Labute approximate surface area is 48.0 Å². The summed E-state index contributed by atoms with van der Waals surface area (Å²) in [6, 6.07) is 0. The first-order chi connectivity index (χ1) is 2.81. The van der Waals surface area contributed by atoms with Gasteiger partial charge < -0.3 is 3.88 Å². The Morgan fingerprint density at radius 2 is 1.67 bits per heavy atom. The van der Waals surface area contributed by atoms with E-state index in [1.807, 2.05) is 16.5 Å². The molecule has 0 N–H and O–H groups in total. The monoisotopic (exact) mass is 100 g/mol. The van der Waals surface area contributed by atoms with Crippen molar-refractivity contribution in [2.24, 2.45) is 0 Å². The van der Waals surface area contributed by atoms with Crippen molar-refractivity contribution in [2.45, 2.75) is 13.8 Å². The van der Waals surface area contributed by atoms with Gasteiger partial charge in [0, 0.05) is 0 Å². The van der Waals surface area contributed by atoms with E-state index in [1.165, 1.54) is 13.1 Å². The molecule has 0 rings (SSSR count). The van der Waals surface area contributed by atoms with Crippen LogP contribution in [-0.4, -0.2) is 33.5 Å². The molecule has 6 heavy (non-hydrogen) atoms. The van der Waals surface area contributed by atoms with Gasteiger partial charge >= 0.3 is 0 Å². The van der Waals surface area contributed by atoms with Crippen molar-refractivity contribution in [1.82, 2.24) is 3.88 Å². The second kappa shape index (κ2) is 3.67. The van der Waals surface area contributed by atoms with Gasteiger partial charge in [0.2, 0.25) is 0 Å². The summed E-state index contributed by atoms with van der Waals surface area (Å²) in [5.41, 5.74) is 0. The molecule has 0 saturated heterocycles. The molecule has 0 aromatic rings. The molecule has 0 aromatic carbocycles. The van der Waals surface area contributed by atoms with Gasteiger partial charge in [-0.1, -0.05) is 13.8 Å². The van der Waals surface area contributed by atoms with E-state index in [2.05, 4.69) is 17.7 Å². The molecule has 0 bridgehead atoms. The lowest BCUT2D eigenvalue weighted by Crippen LogP contribution is -2.17. The van der Waals surface area contributed by atoms with Crippen LogP contribution in [-0.2, 0) is 0 Å². The van der Waals surface area contributed by atoms with E-state index in [-0.39, 0.29) is 0 Å². The highest BCUT2D eigenvalue weighted by Crippen LogP contribution is 1.72. The molecule has 0 spiro atoms. The molecule has 0 aromatic heterocycles. The van der Waals surface area contributed by atoms with Crippen molar-refractivity contribution in [2.75, 3.05) is 13.1 Å². The van der Waals surface area contributed by atoms with Crippen LogP contribution < -0.4 is 0 Å². The first kappa shape index (κ1) is 6.49. The van der Waals surface area contributed by atoms with Crippen LogP contribution in [0.15, 0.2) is 0 Å². The van der Waals surface area contributed by atoms with Gasteiger partial charge in [-0.2, -0.15) is 0 Å². The maximum atomic E-state index is 2.28. The Morgan fingerprint density at radius 3 is 1.67 bits per heavy atom. The van der Waals surface area contributed by atoms with E-state index in [1.54, 1.807) is 0 Å². The zero-order valence-electron chi connectivity index (χ0n) is 4.57. The fourth-order valence-electron chi connectivity index (χ4n) is 0.224. The normalized spacial score (nSPS) is 9.83. The fourth-order valence-corrected chi connectivity index (χ4v) is 0.224. The molecule has 1 nitrogen and oxygen atoms in total. The summed E-state index contributed by atoms with van der Waals surface area (Å²) >= 11 is 1.93.